The topological polar surface area (TPSA) is 83.6 Å². The Hall–Kier alpha value is -3.16. The van der Waals surface area contributed by atoms with Gasteiger partial charge >= 0.3 is 0 Å². The molecule has 0 atom stereocenters. The van der Waals surface area contributed by atoms with Crippen LogP contribution in [-0.2, 0) is 10.0 Å². The van der Waals surface area contributed by atoms with Gasteiger partial charge in [0, 0.05) is 28.8 Å². The standard InChI is InChI=1S/C23H21ClN2O4S/c1-3-31(29,30)26(2)19-11-7-10-17(14-19)23(28)25-21-13-12-18(24)15-20(21)22(27)16-8-5-4-6-9-16/h4-15H,3H2,1-2H3,(H,25,28). The van der Waals surface area contributed by atoms with E-state index in [0.29, 0.717) is 22.0 Å². The van der Waals surface area contributed by atoms with Crippen LogP contribution < -0.4 is 9.62 Å². The molecule has 0 spiro atoms. The van der Waals surface area contributed by atoms with Crippen molar-refractivity contribution in [3.05, 3.63) is 94.5 Å². The molecule has 0 saturated carbocycles. The van der Waals surface area contributed by atoms with Crippen LogP contribution in [0.3, 0.4) is 0 Å². The van der Waals surface area contributed by atoms with E-state index in [9.17, 15) is 18.0 Å². The van der Waals surface area contributed by atoms with Gasteiger partial charge in [-0.05, 0) is 43.3 Å². The van der Waals surface area contributed by atoms with Gasteiger partial charge in [0.25, 0.3) is 5.91 Å². The molecular formula is C23H21ClN2O4S. The van der Waals surface area contributed by atoms with Crippen LogP contribution in [0.15, 0.2) is 72.8 Å². The average molecular weight is 457 g/mol. The predicted octanol–water partition coefficient (Wildman–Crippen LogP) is 4.61. The zero-order valence-electron chi connectivity index (χ0n) is 17.0. The van der Waals surface area contributed by atoms with E-state index in [-0.39, 0.29) is 22.7 Å². The molecule has 3 aromatic rings. The van der Waals surface area contributed by atoms with Gasteiger partial charge in [-0.15, -0.1) is 0 Å². The molecule has 0 heterocycles. The molecule has 0 aliphatic heterocycles. The lowest BCUT2D eigenvalue weighted by atomic mass is 10.0. The fourth-order valence-corrected chi connectivity index (χ4v) is 3.94. The van der Waals surface area contributed by atoms with Crippen LogP contribution in [0.25, 0.3) is 0 Å². The molecule has 3 aromatic carbocycles. The van der Waals surface area contributed by atoms with Gasteiger partial charge in [0.05, 0.1) is 17.1 Å². The monoisotopic (exact) mass is 456 g/mol. The number of nitrogens with zero attached hydrogens (tertiary/aromatic N) is 1. The van der Waals surface area contributed by atoms with Crippen LogP contribution in [0.4, 0.5) is 11.4 Å². The lowest BCUT2D eigenvalue weighted by molar-refractivity contribution is 0.102. The third-order valence-electron chi connectivity index (χ3n) is 4.76. The Labute approximate surface area is 186 Å². The highest BCUT2D eigenvalue weighted by molar-refractivity contribution is 7.92. The molecule has 1 amide bonds. The highest BCUT2D eigenvalue weighted by Crippen LogP contribution is 2.25. The molecule has 160 valence electrons. The van der Waals surface area contributed by atoms with Crippen molar-refractivity contribution in [3.63, 3.8) is 0 Å². The molecule has 1 N–H and O–H groups in total. The minimum absolute atomic E-state index is 0.0599. The number of anilines is 2. The molecule has 0 unspecified atom stereocenters. The van der Waals surface area contributed by atoms with Gasteiger partial charge < -0.3 is 5.32 Å². The van der Waals surface area contributed by atoms with E-state index in [0.717, 1.165) is 4.31 Å². The Morgan fingerprint density at radius 2 is 1.61 bits per heavy atom. The number of carbonyl (C=O) groups is 2. The second-order valence-electron chi connectivity index (χ2n) is 6.76. The number of hydrogen-bond donors (Lipinski definition) is 1. The number of ketones is 1. The summed E-state index contributed by atoms with van der Waals surface area (Å²) in [5.74, 6) is -0.815. The first-order valence-corrected chi connectivity index (χ1v) is 11.5. The lowest BCUT2D eigenvalue weighted by Crippen LogP contribution is -2.28. The van der Waals surface area contributed by atoms with E-state index >= 15 is 0 Å². The maximum absolute atomic E-state index is 12.9. The van der Waals surface area contributed by atoms with Crippen LogP contribution in [0.2, 0.25) is 5.02 Å². The summed E-state index contributed by atoms with van der Waals surface area (Å²) in [6.45, 7) is 1.55. The third-order valence-corrected chi connectivity index (χ3v) is 6.77. The lowest BCUT2D eigenvalue weighted by Gasteiger charge is -2.19. The number of rotatable bonds is 7. The summed E-state index contributed by atoms with van der Waals surface area (Å²) in [6.07, 6.45) is 0. The van der Waals surface area contributed by atoms with Crippen LogP contribution in [0, 0.1) is 0 Å². The quantitative estimate of drug-likeness (QED) is 0.526. The van der Waals surface area contributed by atoms with Crippen molar-refractivity contribution < 1.29 is 18.0 Å². The van der Waals surface area contributed by atoms with Gasteiger partial charge in [-0.1, -0.05) is 48.0 Å². The first kappa shape index (κ1) is 22.5. The van der Waals surface area contributed by atoms with E-state index in [2.05, 4.69) is 5.32 Å². The highest BCUT2D eigenvalue weighted by Gasteiger charge is 2.19. The number of hydrogen-bond acceptors (Lipinski definition) is 4. The van der Waals surface area contributed by atoms with Crippen LogP contribution in [0.1, 0.15) is 33.2 Å². The second kappa shape index (κ2) is 9.32. The molecule has 0 saturated heterocycles. The first-order valence-electron chi connectivity index (χ1n) is 9.50. The maximum atomic E-state index is 12.9. The molecule has 0 bridgehead atoms. The number of amides is 1. The maximum Gasteiger partial charge on any atom is 0.255 e. The van der Waals surface area contributed by atoms with Gasteiger partial charge in [0.1, 0.15) is 0 Å². The molecular weight excluding hydrogens is 436 g/mol. The van der Waals surface area contributed by atoms with Crippen molar-refractivity contribution in [2.45, 2.75) is 6.92 Å². The summed E-state index contributed by atoms with van der Waals surface area (Å²) in [4.78, 5) is 25.8. The predicted molar refractivity (Wildman–Crippen MR) is 124 cm³/mol. The fraction of sp³-hybridized carbons (Fsp3) is 0.130. The van der Waals surface area contributed by atoms with Gasteiger partial charge in [-0.3, -0.25) is 13.9 Å². The molecule has 6 nitrogen and oxygen atoms in total. The molecule has 31 heavy (non-hydrogen) atoms. The summed E-state index contributed by atoms with van der Waals surface area (Å²) in [5.41, 5.74) is 1.65. The zero-order valence-corrected chi connectivity index (χ0v) is 18.6. The number of halogens is 1. The van der Waals surface area contributed by atoms with Crippen LogP contribution >= 0.6 is 11.6 Å². The minimum atomic E-state index is -3.46. The molecule has 0 radical (unpaired) electrons. The molecule has 0 aromatic heterocycles. The fourth-order valence-electron chi connectivity index (χ4n) is 2.95. The molecule has 3 rings (SSSR count). The number of benzene rings is 3. The van der Waals surface area contributed by atoms with E-state index in [1.165, 1.54) is 19.2 Å². The van der Waals surface area contributed by atoms with Gasteiger partial charge in [-0.2, -0.15) is 0 Å². The number of carbonyl (C=O) groups excluding carboxylic acids is 2. The summed E-state index contributed by atoms with van der Waals surface area (Å²) < 4.78 is 25.4. The SMILES string of the molecule is CCS(=O)(=O)N(C)c1cccc(C(=O)Nc2ccc(Cl)cc2C(=O)c2ccccc2)c1. The average Bonchev–Trinajstić information content (AvgIpc) is 2.79. The Balaban J connectivity index is 1.91. The number of sulfonamides is 1. The summed E-state index contributed by atoms with van der Waals surface area (Å²) in [5, 5.41) is 3.10. The van der Waals surface area contributed by atoms with Gasteiger partial charge in [0.2, 0.25) is 10.0 Å². The van der Waals surface area contributed by atoms with Gasteiger partial charge in [0.15, 0.2) is 5.78 Å². The Bertz CT molecular complexity index is 1230. The summed E-state index contributed by atoms with van der Waals surface area (Å²) in [7, 11) is -2.03. The van der Waals surface area contributed by atoms with E-state index in [1.54, 1.807) is 67.6 Å². The van der Waals surface area contributed by atoms with Gasteiger partial charge in [-0.25, -0.2) is 8.42 Å². The largest absolute Gasteiger partial charge is 0.321 e. The van der Waals surface area contributed by atoms with E-state index < -0.39 is 15.9 Å². The summed E-state index contributed by atoms with van der Waals surface area (Å²) in [6, 6.07) is 19.6. The smallest absolute Gasteiger partial charge is 0.255 e. The Kier molecular flexibility index (Phi) is 6.77. The van der Waals surface area contributed by atoms with Crippen molar-refractivity contribution in [2.75, 3.05) is 22.4 Å². The minimum Gasteiger partial charge on any atom is -0.321 e. The second-order valence-corrected chi connectivity index (χ2v) is 9.48. The number of nitrogens with one attached hydrogen (secondary N) is 1. The van der Waals surface area contributed by atoms with Crippen molar-refractivity contribution >= 4 is 44.7 Å². The molecule has 0 aliphatic carbocycles. The Morgan fingerprint density at radius 3 is 2.29 bits per heavy atom. The first-order chi connectivity index (χ1) is 14.7. The molecule has 8 heteroatoms. The van der Waals surface area contributed by atoms with Crippen molar-refractivity contribution in [1.29, 1.82) is 0 Å². The highest BCUT2D eigenvalue weighted by atomic mass is 35.5. The van der Waals surface area contributed by atoms with Crippen molar-refractivity contribution in [2.24, 2.45) is 0 Å². The van der Waals surface area contributed by atoms with Crippen LogP contribution in [0.5, 0.6) is 0 Å². The Morgan fingerprint density at radius 1 is 0.935 bits per heavy atom. The zero-order chi connectivity index (χ0) is 22.6. The van der Waals surface area contributed by atoms with Crippen molar-refractivity contribution in [1.82, 2.24) is 0 Å². The van der Waals surface area contributed by atoms with Crippen molar-refractivity contribution in [3.8, 4) is 0 Å². The van der Waals surface area contributed by atoms with E-state index in [1.807, 2.05) is 0 Å². The molecule has 0 fully saturated rings. The van der Waals surface area contributed by atoms with Crippen LogP contribution in [-0.4, -0.2) is 32.9 Å². The summed E-state index contributed by atoms with van der Waals surface area (Å²) >= 11 is 6.09. The third kappa shape index (κ3) is 5.13. The van der Waals surface area contributed by atoms with E-state index in [4.69, 9.17) is 11.6 Å². The normalized spacial score (nSPS) is 11.1. The molecule has 0 aliphatic rings.